The molecule has 2 aliphatic heterocycles. The molecule has 0 amide bonds. The van der Waals surface area contributed by atoms with Crippen LogP contribution in [0.4, 0.5) is 0 Å². The van der Waals surface area contributed by atoms with Gasteiger partial charge < -0.3 is 9.47 Å². The quantitative estimate of drug-likeness (QED) is 0.550. The Balaban J connectivity index is 0.000000720. The average molecular weight is 241 g/mol. The van der Waals surface area contributed by atoms with Crippen LogP contribution in [-0.4, -0.2) is 25.4 Å². The Morgan fingerprint density at radius 1 is 0.917 bits per heavy atom. The molecule has 2 atom stereocenters. The van der Waals surface area contributed by atoms with Crippen molar-refractivity contribution in [2.45, 2.75) is 37.9 Å². The number of hydrogen-bond acceptors (Lipinski definition) is 2. The smallest absolute Gasteiger partial charge is 0.410 e. The van der Waals surface area contributed by atoms with Gasteiger partial charge in [0.25, 0.3) is 0 Å². The fourth-order valence-electron chi connectivity index (χ4n) is 1.75. The summed E-state index contributed by atoms with van der Waals surface area (Å²) in [6.07, 6.45) is 7.83. The van der Waals surface area contributed by atoms with Crippen molar-refractivity contribution in [1.82, 2.24) is 0 Å². The fourth-order valence-corrected chi connectivity index (χ4v) is 1.75. The fraction of sp³-hybridized carbons (Fsp3) is 0.889. The first kappa shape index (κ1) is 11.8. The second-order valence-corrected chi connectivity index (χ2v) is 3.30. The van der Waals surface area contributed by atoms with Gasteiger partial charge >= 0.3 is 58.2 Å². The zero-order chi connectivity index (χ0) is 7.52. The molecule has 2 unspecified atom stereocenters. The molecule has 0 aromatic carbocycles. The van der Waals surface area contributed by atoms with Gasteiger partial charge in [0.1, 0.15) is 0 Å². The maximum atomic E-state index is 5.48. The van der Waals surface area contributed by atoms with E-state index in [0.29, 0.717) is 12.2 Å². The molecule has 2 aliphatic rings. The molecule has 12 heavy (non-hydrogen) atoms. The Morgan fingerprint density at radius 2 is 1.42 bits per heavy atom. The molecule has 0 spiro atoms. The summed E-state index contributed by atoms with van der Waals surface area (Å²) in [4.78, 5) is 0. The molecule has 2 rings (SSSR count). The van der Waals surface area contributed by atoms with Gasteiger partial charge in [0, 0.05) is 13.2 Å². The van der Waals surface area contributed by atoms with Crippen molar-refractivity contribution >= 4 is 0 Å². The zero-order valence-corrected chi connectivity index (χ0v) is 12.7. The normalized spacial score (nSPS) is 35.0. The van der Waals surface area contributed by atoms with Crippen molar-refractivity contribution in [3.63, 3.8) is 0 Å². The van der Waals surface area contributed by atoms with Crippen LogP contribution in [0.3, 0.4) is 0 Å². The molecule has 0 aliphatic carbocycles. The molecule has 0 aromatic rings. The number of rotatable bonds is 2. The Morgan fingerprint density at radius 3 is 1.75 bits per heavy atom. The van der Waals surface area contributed by atoms with Crippen molar-refractivity contribution < 1.29 is 67.7 Å². The van der Waals surface area contributed by atoms with Crippen LogP contribution in [0.25, 0.3) is 0 Å². The zero-order valence-electron chi connectivity index (χ0n) is 7.79. The Kier molecular flexibility index (Phi) is 6.15. The monoisotopic (exact) mass is 240 g/mol. The van der Waals surface area contributed by atoms with Crippen molar-refractivity contribution in [3.05, 3.63) is 6.42 Å². The molecule has 0 aromatic heterocycles. The molecular weight excluding hydrogens is 226 g/mol. The average Bonchev–Trinajstić information content (AvgIpc) is 2.60. The van der Waals surface area contributed by atoms with Crippen LogP contribution < -0.4 is 58.2 Å². The van der Waals surface area contributed by atoms with Crippen LogP contribution in [0.1, 0.15) is 25.7 Å². The van der Waals surface area contributed by atoms with E-state index in [4.69, 9.17) is 9.47 Å². The molecule has 0 saturated carbocycles. The second-order valence-electron chi connectivity index (χ2n) is 3.30. The first-order valence-electron chi connectivity index (χ1n) is 4.53. The molecule has 3 heteroatoms. The van der Waals surface area contributed by atoms with Crippen molar-refractivity contribution in [2.24, 2.45) is 0 Å². The maximum Gasteiger partial charge on any atom is 1.00 e. The van der Waals surface area contributed by atoms with Crippen molar-refractivity contribution in [1.29, 1.82) is 0 Å². The van der Waals surface area contributed by atoms with E-state index in [1.54, 1.807) is 0 Å². The van der Waals surface area contributed by atoms with E-state index in [2.05, 4.69) is 6.42 Å². The molecule has 64 valence electrons. The summed E-state index contributed by atoms with van der Waals surface area (Å²) in [5.74, 6) is 0. The molecule has 2 saturated heterocycles. The maximum absolute atomic E-state index is 5.48. The van der Waals surface area contributed by atoms with Gasteiger partial charge in [-0.15, -0.1) is 0 Å². The molecule has 0 bridgehead atoms. The van der Waals surface area contributed by atoms with E-state index < -0.39 is 0 Å². The standard InChI is InChI=1S/C9H15O2.Rb/c1-3-8(10-5-1)7-9-4-2-6-11-9;/h7-9H,1-6H2;/q-1;+1. The van der Waals surface area contributed by atoms with Gasteiger partial charge in [0.05, 0.1) is 0 Å². The number of hydrogen-bond donors (Lipinski definition) is 0. The third-order valence-corrected chi connectivity index (χ3v) is 2.36. The van der Waals surface area contributed by atoms with Gasteiger partial charge in [-0.1, -0.05) is 25.0 Å². The van der Waals surface area contributed by atoms with E-state index in [-0.39, 0.29) is 58.2 Å². The van der Waals surface area contributed by atoms with Crippen LogP contribution in [0, 0.1) is 6.42 Å². The predicted octanol–water partition coefficient (Wildman–Crippen LogP) is -1.45. The summed E-state index contributed by atoms with van der Waals surface area (Å²) in [5.41, 5.74) is 0. The summed E-state index contributed by atoms with van der Waals surface area (Å²) in [6, 6.07) is 0. The molecular formula is C9H15O2Rb. The Hall–Kier alpha value is 1.73. The molecule has 2 heterocycles. The van der Waals surface area contributed by atoms with Crippen LogP contribution in [-0.2, 0) is 9.47 Å². The third-order valence-electron chi connectivity index (χ3n) is 2.36. The van der Waals surface area contributed by atoms with Crippen LogP contribution in [0.5, 0.6) is 0 Å². The summed E-state index contributed by atoms with van der Waals surface area (Å²) in [6.45, 7) is 1.88. The van der Waals surface area contributed by atoms with Crippen molar-refractivity contribution in [3.8, 4) is 0 Å². The van der Waals surface area contributed by atoms with Gasteiger partial charge in [-0.05, 0) is 12.8 Å². The van der Waals surface area contributed by atoms with Gasteiger partial charge in [0.15, 0.2) is 0 Å². The molecule has 2 nitrogen and oxygen atoms in total. The van der Waals surface area contributed by atoms with E-state index >= 15 is 0 Å². The summed E-state index contributed by atoms with van der Waals surface area (Å²) in [5, 5.41) is 0. The largest absolute Gasteiger partial charge is 1.00 e. The van der Waals surface area contributed by atoms with E-state index in [9.17, 15) is 0 Å². The molecule has 0 radical (unpaired) electrons. The van der Waals surface area contributed by atoms with Crippen molar-refractivity contribution in [2.75, 3.05) is 13.2 Å². The second kappa shape index (κ2) is 6.25. The summed E-state index contributed by atoms with van der Waals surface area (Å²) in [7, 11) is 0. The minimum Gasteiger partial charge on any atom is -0.410 e. The van der Waals surface area contributed by atoms with E-state index in [1.165, 1.54) is 25.7 Å². The third kappa shape index (κ3) is 3.47. The molecule has 2 fully saturated rings. The van der Waals surface area contributed by atoms with E-state index in [0.717, 1.165) is 13.2 Å². The Labute approximate surface area is 123 Å². The van der Waals surface area contributed by atoms with Gasteiger partial charge in [0.2, 0.25) is 0 Å². The number of ether oxygens (including phenoxy) is 2. The van der Waals surface area contributed by atoms with Crippen LogP contribution in [0.2, 0.25) is 0 Å². The summed E-state index contributed by atoms with van der Waals surface area (Å²) >= 11 is 0. The predicted molar refractivity (Wildman–Crippen MR) is 42.2 cm³/mol. The minimum absolute atomic E-state index is 0. The van der Waals surface area contributed by atoms with Gasteiger partial charge in [-0.2, -0.15) is 0 Å². The topological polar surface area (TPSA) is 18.5 Å². The minimum atomic E-state index is 0. The SMILES string of the molecule is [CH-](C1CCCO1)C1CCCO1.[Rb+]. The summed E-state index contributed by atoms with van der Waals surface area (Å²) < 4.78 is 11.0. The van der Waals surface area contributed by atoms with Crippen LogP contribution in [0.15, 0.2) is 0 Å². The van der Waals surface area contributed by atoms with E-state index in [1.807, 2.05) is 0 Å². The van der Waals surface area contributed by atoms with Gasteiger partial charge in [-0.3, -0.25) is 6.42 Å². The Bertz CT molecular complexity index is 104. The first-order chi connectivity index (χ1) is 5.45. The van der Waals surface area contributed by atoms with Gasteiger partial charge in [-0.25, -0.2) is 0 Å². The molecule has 0 N–H and O–H groups in total. The van der Waals surface area contributed by atoms with Crippen LogP contribution >= 0.6 is 0 Å². The first-order valence-corrected chi connectivity index (χ1v) is 4.53.